The van der Waals surface area contributed by atoms with Crippen LogP contribution in [-0.4, -0.2) is 53.2 Å². The molecule has 1 saturated heterocycles. The zero-order chi connectivity index (χ0) is 16.0. The number of carbonyl (C=O) groups excluding carboxylic acids is 3. The van der Waals surface area contributed by atoms with Crippen molar-refractivity contribution in [3.63, 3.8) is 0 Å². The van der Waals surface area contributed by atoms with Gasteiger partial charge in [0.05, 0.1) is 6.04 Å². The summed E-state index contributed by atoms with van der Waals surface area (Å²) in [7, 11) is 0. The molecule has 1 fully saturated rings. The van der Waals surface area contributed by atoms with E-state index in [1.54, 1.807) is 0 Å². The van der Waals surface area contributed by atoms with E-state index in [2.05, 4.69) is 10.6 Å². The van der Waals surface area contributed by atoms with E-state index < -0.39 is 24.4 Å². The summed E-state index contributed by atoms with van der Waals surface area (Å²) in [5.74, 6) is -1.68. The Hall–Kier alpha value is -1.38. The van der Waals surface area contributed by atoms with Gasteiger partial charge in [-0.3, -0.25) is 19.6 Å². The average Bonchev–Trinajstić information content (AvgIpc) is 2.89. The highest BCUT2D eigenvalue weighted by atomic mass is 35.5. The van der Waals surface area contributed by atoms with Crippen LogP contribution in [0.25, 0.3) is 0 Å². The molecule has 1 aliphatic heterocycles. The van der Waals surface area contributed by atoms with Gasteiger partial charge in [0.1, 0.15) is 12.6 Å². The molecule has 9 heteroatoms. The van der Waals surface area contributed by atoms with Crippen molar-refractivity contribution in [3.8, 4) is 0 Å². The Labute approximate surface area is 136 Å². The fourth-order valence-corrected chi connectivity index (χ4v) is 2.28. The number of halogens is 1. The van der Waals surface area contributed by atoms with E-state index in [4.69, 9.17) is 5.73 Å². The standard InChI is InChI=1S/C13H24N4O4.ClH/c1-8(2)6-10(13(20)17(21)7-11(14)18)16-12(19)9-4-3-5-15-9;/h8-10,15,21H,3-7H2,1-2H3,(H2,14,18)(H,16,19);1H/t9-,10-;/m0./s1. The first kappa shape index (κ1) is 20.6. The smallest absolute Gasteiger partial charge is 0.268 e. The number of amides is 3. The van der Waals surface area contributed by atoms with Gasteiger partial charge in [0.25, 0.3) is 5.91 Å². The maximum absolute atomic E-state index is 12.1. The van der Waals surface area contributed by atoms with Crippen molar-refractivity contribution >= 4 is 30.1 Å². The summed E-state index contributed by atoms with van der Waals surface area (Å²) in [5, 5.41) is 15.5. The molecule has 0 spiro atoms. The van der Waals surface area contributed by atoms with Gasteiger partial charge in [-0.1, -0.05) is 13.8 Å². The maximum Gasteiger partial charge on any atom is 0.268 e. The monoisotopic (exact) mass is 336 g/mol. The normalized spacial score (nSPS) is 18.5. The quantitative estimate of drug-likeness (QED) is 0.365. The molecule has 1 rings (SSSR count). The van der Waals surface area contributed by atoms with Gasteiger partial charge in [0.2, 0.25) is 11.8 Å². The lowest BCUT2D eigenvalue weighted by molar-refractivity contribution is -0.171. The van der Waals surface area contributed by atoms with Crippen LogP contribution in [0.15, 0.2) is 0 Å². The molecule has 128 valence electrons. The van der Waals surface area contributed by atoms with E-state index in [-0.39, 0.29) is 35.3 Å². The molecule has 0 aliphatic carbocycles. The number of rotatable bonds is 7. The van der Waals surface area contributed by atoms with Crippen LogP contribution in [0.1, 0.15) is 33.1 Å². The first-order chi connectivity index (χ1) is 9.81. The predicted molar refractivity (Wildman–Crippen MR) is 82.4 cm³/mol. The topological polar surface area (TPSA) is 125 Å². The fraction of sp³-hybridized carbons (Fsp3) is 0.769. The molecule has 5 N–H and O–H groups in total. The third kappa shape index (κ3) is 6.59. The summed E-state index contributed by atoms with van der Waals surface area (Å²) in [4.78, 5) is 34.9. The van der Waals surface area contributed by atoms with E-state index >= 15 is 0 Å². The Morgan fingerprint density at radius 2 is 2.05 bits per heavy atom. The molecule has 3 amide bonds. The molecule has 0 unspecified atom stereocenters. The largest absolute Gasteiger partial charge is 0.368 e. The van der Waals surface area contributed by atoms with Gasteiger partial charge in [-0.05, 0) is 31.7 Å². The molecule has 22 heavy (non-hydrogen) atoms. The van der Waals surface area contributed by atoms with Gasteiger partial charge in [0, 0.05) is 0 Å². The number of nitrogens with zero attached hydrogens (tertiary/aromatic N) is 1. The molecule has 8 nitrogen and oxygen atoms in total. The summed E-state index contributed by atoms with van der Waals surface area (Å²) in [6.45, 7) is 3.98. The van der Waals surface area contributed by atoms with E-state index in [1.165, 1.54) is 0 Å². The second-order valence-corrected chi connectivity index (χ2v) is 5.70. The van der Waals surface area contributed by atoms with Crippen LogP contribution in [-0.2, 0) is 14.4 Å². The van der Waals surface area contributed by atoms with Crippen LogP contribution >= 0.6 is 12.4 Å². The number of nitrogens with two attached hydrogens (primary N) is 1. The van der Waals surface area contributed by atoms with Crippen molar-refractivity contribution in [2.75, 3.05) is 13.1 Å². The summed E-state index contributed by atoms with van der Waals surface area (Å²) in [5.41, 5.74) is 4.94. The van der Waals surface area contributed by atoms with E-state index in [1.807, 2.05) is 13.8 Å². The molecule has 1 heterocycles. The van der Waals surface area contributed by atoms with Crippen LogP contribution in [0, 0.1) is 5.92 Å². The highest BCUT2D eigenvalue weighted by molar-refractivity contribution is 5.91. The zero-order valence-corrected chi connectivity index (χ0v) is 13.7. The second kappa shape index (κ2) is 9.60. The molecule has 0 aromatic heterocycles. The van der Waals surface area contributed by atoms with E-state index in [0.717, 1.165) is 19.4 Å². The van der Waals surface area contributed by atoms with Crippen molar-refractivity contribution in [1.29, 1.82) is 0 Å². The van der Waals surface area contributed by atoms with Gasteiger partial charge < -0.3 is 16.4 Å². The summed E-state index contributed by atoms with van der Waals surface area (Å²) < 4.78 is 0. The second-order valence-electron chi connectivity index (χ2n) is 5.70. The fourth-order valence-electron chi connectivity index (χ4n) is 2.28. The molecular weight excluding hydrogens is 312 g/mol. The van der Waals surface area contributed by atoms with Crippen LogP contribution in [0.3, 0.4) is 0 Å². The van der Waals surface area contributed by atoms with Crippen molar-refractivity contribution in [2.45, 2.75) is 45.2 Å². The van der Waals surface area contributed by atoms with Gasteiger partial charge >= 0.3 is 0 Å². The lowest BCUT2D eigenvalue weighted by Gasteiger charge is -2.24. The Balaban J connectivity index is 0.00000441. The van der Waals surface area contributed by atoms with Crippen LogP contribution < -0.4 is 16.4 Å². The number of hydrogen-bond acceptors (Lipinski definition) is 5. The first-order valence-corrected chi connectivity index (χ1v) is 7.13. The SMILES string of the molecule is CC(C)C[C@H](NC(=O)[C@@H]1CCCN1)C(=O)N(O)CC(N)=O.Cl. The van der Waals surface area contributed by atoms with Gasteiger partial charge in [-0.25, -0.2) is 5.06 Å². The Bertz CT molecular complexity index is 400. The molecular formula is C13H25ClN4O4. The number of hydroxylamine groups is 2. The first-order valence-electron chi connectivity index (χ1n) is 7.13. The number of carbonyl (C=O) groups is 3. The molecule has 1 aliphatic rings. The van der Waals surface area contributed by atoms with E-state index in [0.29, 0.717) is 6.42 Å². The van der Waals surface area contributed by atoms with Gasteiger partial charge in [-0.2, -0.15) is 0 Å². The van der Waals surface area contributed by atoms with Crippen molar-refractivity contribution in [2.24, 2.45) is 11.7 Å². The lowest BCUT2D eigenvalue weighted by Crippen LogP contribution is -2.53. The molecule has 2 atom stereocenters. The third-order valence-corrected chi connectivity index (χ3v) is 3.26. The highest BCUT2D eigenvalue weighted by Gasteiger charge is 2.30. The Morgan fingerprint density at radius 3 is 2.50 bits per heavy atom. The molecule has 0 bridgehead atoms. The van der Waals surface area contributed by atoms with E-state index in [9.17, 15) is 19.6 Å². The average molecular weight is 337 g/mol. The minimum absolute atomic E-state index is 0. The lowest BCUT2D eigenvalue weighted by atomic mass is 10.0. The van der Waals surface area contributed by atoms with Crippen molar-refractivity contribution < 1.29 is 19.6 Å². The minimum atomic E-state index is -0.871. The van der Waals surface area contributed by atoms with Crippen LogP contribution in [0.4, 0.5) is 0 Å². The van der Waals surface area contributed by atoms with Crippen LogP contribution in [0.5, 0.6) is 0 Å². The molecule has 0 aromatic rings. The number of hydrogen-bond donors (Lipinski definition) is 4. The van der Waals surface area contributed by atoms with Gasteiger partial charge in [-0.15, -0.1) is 12.4 Å². The zero-order valence-electron chi connectivity index (χ0n) is 12.9. The Morgan fingerprint density at radius 1 is 1.41 bits per heavy atom. The maximum atomic E-state index is 12.1. The Kier molecular flexibility index (Phi) is 9.00. The number of primary amides is 1. The van der Waals surface area contributed by atoms with Crippen LogP contribution in [0.2, 0.25) is 0 Å². The molecule has 0 aromatic carbocycles. The molecule has 0 radical (unpaired) electrons. The molecule has 0 saturated carbocycles. The van der Waals surface area contributed by atoms with Gasteiger partial charge in [0.15, 0.2) is 0 Å². The number of nitrogens with one attached hydrogen (secondary N) is 2. The van der Waals surface area contributed by atoms with Crippen molar-refractivity contribution in [1.82, 2.24) is 15.7 Å². The predicted octanol–water partition coefficient (Wildman–Crippen LogP) is -0.606. The summed E-state index contributed by atoms with van der Waals surface area (Å²) >= 11 is 0. The van der Waals surface area contributed by atoms with Crippen molar-refractivity contribution in [3.05, 3.63) is 0 Å². The highest BCUT2D eigenvalue weighted by Crippen LogP contribution is 2.10. The summed E-state index contributed by atoms with van der Waals surface area (Å²) in [6.07, 6.45) is 2.00. The third-order valence-electron chi connectivity index (χ3n) is 3.26. The summed E-state index contributed by atoms with van der Waals surface area (Å²) in [6, 6.07) is -1.18. The minimum Gasteiger partial charge on any atom is -0.368 e.